The van der Waals surface area contributed by atoms with Crippen molar-refractivity contribution in [2.45, 2.75) is 33.7 Å². The Kier molecular flexibility index (Phi) is 5.26. The number of hydrogen-bond donors (Lipinski definition) is 1. The molecule has 4 nitrogen and oxygen atoms in total. The Hall–Kier alpha value is -1.52. The zero-order valence-corrected chi connectivity index (χ0v) is 13.8. The molecule has 2 aromatic rings. The third kappa shape index (κ3) is 3.57. The van der Waals surface area contributed by atoms with E-state index in [0.29, 0.717) is 0 Å². The monoisotopic (exact) mass is 307 g/mol. The zero-order valence-electron chi connectivity index (χ0n) is 13.0. The number of ether oxygens (including phenoxy) is 1. The maximum Gasteiger partial charge on any atom is 0.222 e. The van der Waals surface area contributed by atoms with Crippen molar-refractivity contribution in [1.82, 2.24) is 15.1 Å². The van der Waals surface area contributed by atoms with E-state index in [1.807, 2.05) is 32.2 Å². The Morgan fingerprint density at radius 3 is 2.76 bits per heavy atom. The van der Waals surface area contributed by atoms with Crippen LogP contribution in [0.3, 0.4) is 0 Å². The van der Waals surface area contributed by atoms with E-state index >= 15 is 0 Å². The maximum atomic E-state index is 6.15. The van der Waals surface area contributed by atoms with Crippen molar-refractivity contribution in [2.24, 2.45) is 7.05 Å². The molecular formula is C16H22ClN3O. The Morgan fingerprint density at radius 2 is 2.10 bits per heavy atom. The SMILES string of the molecule is CCNCc1c(C)nn(C)c1Oc1ccc(Cl)c(CC)c1. The first kappa shape index (κ1) is 15.9. The molecule has 114 valence electrons. The van der Waals surface area contributed by atoms with E-state index in [0.717, 1.165) is 53.0 Å². The van der Waals surface area contributed by atoms with E-state index in [2.05, 4.69) is 24.3 Å². The first-order valence-corrected chi connectivity index (χ1v) is 7.64. The van der Waals surface area contributed by atoms with Crippen molar-refractivity contribution >= 4 is 11.6 Å². The van der Waals surface area contributed by atoms with E-state index in [9.17, 15) is 0 Å². The number of hydrogen-bond acceptors (Lipinski definition) is 3. The fourth-order valence-corrected chi connectivity index (χ4v) is 2.51. The third-order valence-corrected chi connectivity index (χ3v) is 3.82. The predicted octanol–water partition coefficient (Wildman–Crippen LogP) is 3.85. The normalized spacial score (nSPS) is 10.9. The molecule has 0 aliphatic carbocycles. The van der Waals surface area contributed by atoms with Gasteiger partial charge >= 0.3 is 0 Å². The minimum atomic E-state index is 0.750. The van der Waals surface area contributed by atoms with E-state index in [-0.39, 0.29) is 0 Å². The summed E-state index contributed by atoms with van der Waals surface area (Å²) in [6, 6.07) is 5.76. The number of aromatic nitrogens is 2. The molecule has 1 aromatic carbocycles. The van der Waals surface area contributed by atoms with Gasteiger partial charge in [-0.25, -0.2) is 4.68 Å². The lowest BCUT2D eigenvalue weighted by Gasteiger charge is -2.11. The van der Waals surface area contributed by atoms with E-state index in [4.69, 9.17) is 16.3 Å². The summed E-state index contributed by atoms with van der Waals surface area (Å²) in [5.41, 5.74) is 3.16. The zero-order chi connectivity index (χ0) is 15.4. The molecule has 0 saturated carbocycles. The smallest absolute Gasteiger partial charge is 0.222 e. The fraction of sp³-hybridized carbons (Fsp3) is 0.438. The van der Waals surface area contributed by atoms with Crippen LogP contribution < -0.4 is 10.1 Å². The van der Waals surface area contributed by atoms with Crippen LogP contribution in [0.4, 0.5) is 0 Å². The van der Waals surface area contributed by atoms with Gasteiger partial charge in [-0.3, -0.25) is 0 Å². The van der Waals surface area contributed by atoms with Gasteiger partial charge in [-0.2, -0.15) is 5.10 Å². The lowest BCUT2D eigenvalue weighted by atomic mass is 10.1. The molecule has 1 N–H and O–H groups in total. The summed E-state index contributed by atoms with van der Waals surface area (Å²) in [4.78, 5) is 0. The minimum Gasteiger partial charge on any atom is -0.439 e. The first-order valence-electron chi connectivity index (χ1n) is 7.26. The van der Waals surface area contributed by atoms with Gasteiger partial charge in [-0.15, -0.1) is 0 Å². The van der Waals surface area contributed by atoms with Gasteiger partial charge in [0.2, 0.25) is 5.88 Å². The van der Waals surface area contributed by atoms with Gasteiger partial charge in [0.15, 0.2) is 0 Å². The molecule has 0 spiro atoms. The van der Waals surface area contributed by atoms with Crippen LogP contribution in [-0.4, -0.2) is 16.3 Å². The molecule has 0 aliphatic heterocycles. The lowest BCUT2D eigenvalue weighted by Crippen LogP contribution is -2.12. The molecule has 1 aromatic heterocycles. The van der Waals surface area contributed by atoms with Crippen molar-refractivity contribution in [3.05, 3.63) is 40.0 Å². The fourth-order valence-electron chi connectivity index (χ4n) is 2.26. The molecule has 0 aliphatic rings. The highest BCUT2D eigenvalue weighted by Gasteiger charge is 2.15. The summed E-state index contributed by atoms with van der Waals surface area (Å²) in [6.45, 7) is 7.82. The Bertz CT molecular complexity index is 622. The molecule has 0 amide bonds. The van der Waals surface area contributed by atoms with Crippen molar-refractivity contribution in [3.8, 4) is 11.6 Å². The van der Waals surface area contributed by atoms with Crippen molar-refractivity contribution < 1.29 is 4.74 Å². The van der Waals surface area contributed by atoms with Crippen LogP contribution in [0.2, 0.25) is 5.02 Å². The average Bonchev–Trinajstić information content (AvgIpc) is 2.73. The van der Waals surface area contributed by atoms with Crippen LogP contribution in [0.5, 0.6) is 11.6 Å². The molecule has 1 heterocycles. The number of halogens is 1. The maximum absolute atomic E-state index is 6.15. The average molecular weight is 308 g/mol. The van der Waals surface area contributed by atoms with Gasteiger partial charge in [0.25, 0.3) is 0 Å². The predicted molar refractivity (Wildman–Crippen MR) is 86.2 cm³/mol. The molecule has 21 heavy (non-hydrogen) atoms. The van der Waals surface area contributed by atoms with Crippen LogP contribution in [0.15, 0.2) is 18.2 Å². The summed E-state index contributed by atoms with van der Waals surface area (Å²) in [5, 5.41) is 8.54. The standard InChI is InChI=1S/C16H22ClN3O/c1-5-12-9-13(7-8-15(12)17)21-16-14(10-18-6-2)11(3)19-20(16)4/h7-9,18H,5-6,10H2,1-4H3. The highest BCUT2D eigenvalue weighted by molar-refractivity contribution is 6.31. The number of benzene rings is 1. The molecule has 0 saturated heterocycles. The molecule has 0 radical (unpaired) electrons. The number of rotatable bonds is 6. The van der Waals surface area contributed by atoms with Crippen molar-refractivity contribution in [1.29, 1.82) is 0 Å². The highest BCUT2D eigenvalue weighted by Crippen LogP contribution is 2.30. The highest BCUT2D eigenvalue weighted by atomic mass is 35.5. The van der Waals surface area contributed by atoms with Gasteiger partial charge in [0.05, 0.1) is 11.3 Å². The summed E-state index contributed by atoms with van der Waals surface area (Å²) in [5.74, 6) is 1.56. The summed E-state index contributed by atoms with van der Waals surface area (Å²) >= 11 is 6.15. The number of nitrogens with zero attached hydrogens (tertiary/aromatic N) is 2. The lowest BCUT2D eigenvalue weighted by molar-refractivity contribution is 0.423. The van der Waals surface area contributed by atoms with Crippen LogP contribution in [0.1, 0.15) is 30.7 Å². The Labute approximate surface area is 131 Å². The second-order valence-electron chi connectivity index (χ2n) is 4.98. The van der Waals surface area contributed by atoms with E-state index < -0.39 is 0 Å². The van der Waals surface area contributed by atoms with Gasteiger partial charge in [0, 0.05) is 18.6 Å². The quantitative estimate of drug-likeness (QED) is 0.881. The molecule has 0 bridgehead atoms. The van der Waals surface area contributed by atoms with Crippen LogP contribution >= 0.6 is 11.6 Å². The van der Waals surface area contributed by atoms with Gasteiger partial charge in [-0.1, -0.05) is 25.4 Å². The van der Waals surface area contributed by atoms with Crippen LogP contribution in [0, 0.1) is 6.92 Å². The summed E-state index contributed by atoms with van der Waals surface area (Å²) in [6.07, 6.45) is 0.880. The van der Waals surface area contributed by atoms with Crippen LogP contribution in [0.25, 0.3) is 0 Å². The third-order valence-electron chi connectivity index (χ3n) is 3.45. The largest absolute Gasteiger partial charge is 0.439 e. The van der Waals surface area contributed by atoms with E-state index in [1.54, 1.807) is 4.68 Å². The second kappa shape index (κ2) is 6.96. The molecule has 0 atom stereocenters. The van der Waals surface area contributed by atoms with Crippen molar-refractivity contribution in [3.63, 3.8) is 0 Å². The molecular weight excluding hydrogens is 286 g/mol. The summed E-state index contributed by atoms with van der Waals surface area (Å²) < 4.78 is 7.84. The molecule has 0 fully saturated rings. The van der Waals surface area contributed by atoms with Gasteiger partial charge in [-0.05, 0) is 43.7 Å². The van der Waals surface area contributed by atoms with E-state index in [1.165, 1.54) is 0 Å². The minimum absolute atomic E-state index is 0.750. The second-order valence-corrected chi connectivity index (χ2v) is 5.39. The molecule has 0 unspecified atom stereocenters. The van der Waals surface area contributed by atoms with Crippen molar-refractivity contribution in [2.75, 3.05) is 6.54 Å². The van der Waals surface area contributed by atoms with Gasteiger partial charge in [0.1, 0.15) is 5.75 Å². The van der Waals surface area contributed by atoms with Crippen LogP contribution in [-0.2, 0) is 20.0 Å². The molecule has 5 heteroatoms. The number of aryl methyl sites for hydroxylation is 3. The van der Waals surface area contributed by atoms with Gasteiger partial charge < -0.3 is 10.1 Å². The molecule has 2 rings (SSSR count). The number of nitrogens with one attached hydrogen (secondary N) is 1. The topological polar surface area (TPSA) is 39.1 Å². The summed E-state index contributed by atoms with van der Waals surface area (Å²) in [7, 11) is 1.90. The first-order chi connectivity index (χ1) is 10.1. The Morgan fingerprint density at radius 1 is 1.33 bits per heavy atom. The Balaban J connectivity index is 2.30.